The maximum Gasteiger partial charge on any atom is 0.275 e. The van der Waals surface area contributed by atoms with Gasteiger partial charge in [-0.3, -0.25) is 10.2 Å². The minimum atomic E-state index is -0.341. The van der Waals surface area contributed by atoms with Gasteiger partial charge in [-0.15, -0.1) is 16.4 Å². The van der Waals surface area contributed by atoms with E-state index in [9.17, 15) is 4.79 Å². The van der Waals surface area contributed by atoms with Crippen LogP contribution in [0.2, 0.25) is 0 Å². The van der Waals surface area contributed by atoms with E-state index < -0.39 is 0 Å². The first-order valence-electron chi connectivity index (χ1n) is 6.04. The molecule has 1 aromatic carbocycles. The predicted molar refractivity (Wildman–Crippen MR) is 77.3 cm³/mol. The lowest BCUT2D eigenvalue weighted by Crippen LogP contribution is -2.30. The number of hydrogen-bond acceptors (Lipinski definition) is 6. The fourth-order valence-electron chi connectivity index (χ4n) is 2.09. The minimum Gasteiger partial charge on any atom is -0.289 e. The molecule has 0 unspecified atom stereocenters. The Bertz CT molecular complexity index is 859. The summed E-state index contributed by atoms with van der Waals surface area (Å²) in [5, 5.41) is 13.8. The van der Waals surface area contributed by atoms with Crippen molar-refractivity contribution in [3.63, 3.8) is 0 Å². The summed E-state index contributed by atoms with van der Waals surface area (Å²) >= 11 is 1.37. The molecular weight excluding hydrogens is 288 g/mol. The summed E-state index contributed by atoms with van der Waals surface area (Å²) in [5.41, 5.74) is 2.97. The van der Waals surface area contributed by atoms with Gasteiger partial charge in [0.2, 0.25) is 0 Å². The molecule has 0 saturated carbocycles. The third kappa shape index (κ3) is 2.35. The van der Waals surface area contributed by atoms with Crippen LogP contribution in [0.5, 0.6) is 0 Å². The van der Waals surface area contributed by atoms with Gasteiger partial charge in [-0.05, 0) is 11.5 Å². The molecule has 3 rings (SSSR count). The zero-order valence-corrected chi connectivity index (χ0v) is 11.6. The van der Waals surface area contributed by atoms with Crippen LogP contribution in [0.25, 0.3) is 10.1 Å². The van der Waals surface area contributed by atoms with E-state index in [1.54, 1.807) is 0 Å². The van der Waals surface area contributed by atoms with E-state index in [1.165, 1.54) is 22.3 Å². The molecule has 0 spiro atoms. The van der Waals surface area contributed by atoms with Crippen LogP contribution in [-0.4, -0.2) is 20.7 Å². The van der Waals surface area contributed by atoms with Gasteiger partial charge in [-0.25, -0.2) is 15.5 Å². The van der Waals surface area contributed by atoms with E-state index in [0.29, 0.717) is 11.4 Å². The van der Waals surface area contributed by atoms with Gasteiger partial charge in [-0.1, -0.05) is 18.2 Å². The van der Waals surface area contributed by atoms with Gasteiger partial charge in [0, 0.05) is 10.3 Å². The van der Waals surface area contributed by atoms with Crippen LogP contribution in [0, 0.1) is 11.3 Å². The summed E-state index contributed by atoms with van der Waals surface area (Å²) in [6.07, 6.45) is 1.47. The van der Waals surface area contributed by atoms with Crippen molar-refractivity contribution >= 4 is 27.3 Å². The van der Waals surface area contributed by atoms with Crippen molar-refractivity contribution in [2.24, 2.45) is 5.84 Å². The molecule has 0 saturated heterocycles. The summed E-state index contributed by atoms with van der Waals surface area (Å²) in [7, 11) is 0. The summed E-state index contributed by atoms with van der Waals surface area (Å²) < 4.78 is 2.52. The molecule has 0 aliphatic carbocycles. The molecule has 0 aliphatic rings. The number of benzene rings is 1. The molecule has 21 heavy (non-hydrogen) atoms. The van der Waals surface area contributed by atoms with E-state index in [4.69, 9.17) is 11.1 Å². The Balaban J connectivity index is 2.10. The fourth-order valence-corrected chi connectivity index (χ4v) is 3.21. The van der Waals surface area contributed by atoms with Gasteiger partial charge in [0.1, 0.15) is 12.4 Å². The van der Waals surface area contributed by atoms with Crippen molar-refractivity contribution in [1.29, 1.82) is 5.26 Å². The monoisotopic (exact) mass is 298 g/mol. The van der Waals surface area contributed by atoms with Crippen molar-refractivity contribution in [1.82, 2.24) is 20.2 Å². The standard InChI is InChI=1S/C13H10N6OS/c14-5-11-16-7-19(18-11)6-9-8-3-1-2-4-10(8)21-12(9)13(20)17-15/h1-4,7H,6,15H2,(H,17,20). The second-order valence-electron chi connectivity index (χ2n) is 4.26. The van der Waals surface area contributed by atoms with Crippen molar-refractivity contribution in [2.75, 3.05) is 0 Å². The highest BCUT2D eigenvalue weighted by Crippen LogP contribution is 2.31. The largest absolute Gasteiger partial charge is 0.289 e. The Morgan fingerprint density at radius 3 is 3.00 bits per heavy atom. The first-order chi connectivity index (χ1) is 10.2. The minimum absolute atomic E-state index is 0.0966. The molecule has 7 nitrogen and oxygen atoms in total. The molecule has 2 heterocycles. The number of nitrogens with one attached hydrogen (secondary N) is 1. The third-order valence-corrected chi connectivity index (χ3v) is 4.20. The molecular formula is C13H10N6OS. The lowest BCUT2D eigenvalue weighted by molar-refractivity contribution is 0.0957. The molecule has 0 fully saturated rings. The Morgan fingerprint density at radius 1 is 1.48 bits per heavy atom. The number of hydrogen-bond donors (Lipinski definition) is 2. The number of thiophene rings is 1. The third-order valence-electron chi connectivity index (χ3n) is 2.99. The summed E-state index contributed by atoms with van der Waals surface area (Å²) in [6, 6.07) is 9.58. The van der Waals surface area contributed by atoms with Gasteiger partial charge in [-0.2, -0.15) is 5.26 Å². The first-order valence-corrected chi connectivity index (χ1v) is 6.85. The lowest BCUT2D eigenvalue weighted by Gasteiger charge is -2.03. The molecule has 8 heteroatoms. The zero-order valence-electron chi connectivity index (χ0n) is 10.8. The maximum absolute atomic E-state index is 11.9. The summed E-state index contributed by atoms with van der Waals surface area (Å²) in [4.78, 5) is 16.3. The highest BCUT2D eigenvalue weighted by molar-refractivity contribution is 7.21. The Hall–Kier alpha value is -2.76. The van der Waals surface area contributed by atoms with Gasteiger partial charge < -0.3 is 0 Å². The van der Waals surface area contributed by atoms with Crippen LogP contribution in [0.15, 0.2) is 30.6 Å². The average Bonchev–Trinajstić information content (AvgIpc) is 3.12. The number of hydrazine groups is 1. The predicted octanol–water partition coefficient (Wildman–Crippen LogP) is 1.02. The highest BCUT2D eigenvalue weighted by atomic mass is 32.1. The number of nitrogens with two attached hydrogens (primary N) is 1. The molecule has 0 aliphatic heterocycles. The molecule has 3 N–H and O–H groups in total. The number of fused-ring (bicyclic) bond motifs is 1. The number of amides is 1. The fraction of sp³-hybridized carbons (Fsp3) is 0.0769. The second kappa shape index (κ2) is 5.32. The number of carbonyl (C=O) groups excluding carboxylic acids is 1. The number of nitrogens with zero attached hydrogens (tertiary/aromatic N) is 4. The number of nitrogen functional groups attached to an aromatic ring is 1. The zero-order chi connectivity index (χ0) is 14.8. The Kier molecular flexibility index (Phi) is 3.35. The average molecular weight is 298 g/mol. The molecule has 1 amide bonds. The number of carbonyl (C=O) groups is 1. The van der Waals surface area contributed by atoms with Crippen molar-refractivity contribution in [3.8, 4) is 6.07 Å². The van der Waals surface area contributed by atoms with Gasteiger partial charge in [0.05, 0.1) is 11.4 Å². The van der Waals surface area contributed by atoms with Crippen LogP contribution >= 0.6 is 11.3 Å². The summed E-state index contributed by atoms with van der Waals surface area (Å²) in [5.74, 6) is 5.00. The number of rotatable bonds is 3. The van der Waals surface area contributed by atoms with E-state index in [1.807, 2.05) is 30.3 Å². The molecule has 0 atom stereocenters. The van der Waals surface area contributed by atoms with Gasteiger partial charge in [0.25, 0.3) is 11.7 Å². The van der Waals surface area contributed by atoms with Crippen LogP contribution < -0.4 is 11.3 Å². The first kappa shape index (κ1) is 13.2. The quantitative estimate of drug-likeness (QED) is 0.426. The van der Waals surface area contributed by atoms with E-state index in [2.05, 4.69) is 15.5 Å². The molecule has 2 aromatic heterocycles. The molecule has 0 bridgehead atoms. The molecule has 0 radical (unpaired) electrons. The SMILES string of the molecule is N#Cc1ncn(Cc2c(C(=O)NN)sc3ccccc23)n1. The summed E-state index contributed by atoms with van der Waals surface area (Å²) in [6.45, 7) is 0.349. The van der Waals surface area contributed by atoms with Crippen LogP contribution in [0.1, 0.15) is 21.1 Å². The highest BCUT2D eigenvalue weighted by Gasteiger charge is 2.18. The van der Waals surface area contributed by atoms with E-state index in [-0.39, 0.29) is 11.7 Å². The number of nitriles is 1. The second-order valence-corrected chi connectivity index (χ2v) is 5.31. The van der Waals surface area contributed by atoms with Crippen molar-refractivity contribution < 1.29 is 4.79 Å². The molecule has 104 valence electrons. The normalized spacial score (nSPS) is 10.5. The van der Waals surface area contributed by atoms with Crippen LogP contribution in [0.3, 0.4) is 0 Å². The van der Waals surface area contributed by atoms with Crippen molar-refractivity contribution in [2.45, 2.75) is 6.54 Å². The Morgan fingerprint density at radius 2 is 2.29 bits per heavy atom. The smallest absolute Gasteiger partial charge is 0.275 e. The topological polar surface area (TPSA) is 110 Å². The van der Waals surface area contributed by atoms with E-state index in [0.717, 1.165) is 15.6 Å². The van der Waals surface area contributed by atoms with Crippen LogP contribution in [0.4, 0.5) is 0 Å². The van der Waals surface area contributed by atoms with E-state index >= 15 is 0 Å². The van der Waals surface area contributed by atoms with Gasteiger partial charge in [0.15, 0.2) is 0 Å². The Labute approximate surface area is 123 Å². The maximum atomic E-state index is 11.9. The van der Waals surface area contributed by atoms with Crippen LogP contribution in [-0.2, 0) is 6.54 Å². The lowest BCUT2D eigenvalue weighted by atomic mass is 10.1. The molecule has 3 aromatic rings. The number of aromatic nitrogens is 3. The van der Waals surface area contributed by atoms with Gasteiger partial charge >= 0.3 is 0 Å². The van der Waals surface area contributed by atoms with Crippen molar-refractivity contribution in [3.05, 3.63) is 46.9 Å².